The standard InChI is InChI=1S/C21H23N5O5/c27-19-5-4-18(20(28)22-19)25-11-16-15(21(25)29)2-1-3-17(16)26-10-13(23-24-26)12-31-14-6-8-30-9-7-14/h1-3,10,14,18H,4-9,11-12H2,(H,22,27,28). The zero-order valence-corrected chi connectivity index (χ0v) is 17.0. The van der Waals surface area contributed by atoms with Crippen LogP contribution in [0, 0.1) is 0 Å². The van der Waals surface area contributed by atoms with Crippen molar-refractivity contribution >= 4 is 17.7 Å². The molecule has 162 valence electrons. The van der Waals surface area contributed by atoms with E-state index in [1.807, 2.05) is 6.07 Å². The molecule has 31 heavy (non-hydrogen) atoms. The molecular weight excluding hydrogens is 402 g/mol. The molecule has 3 amide bonds. The summed E-state index contributed by atoms with van der Waals surface area (Å²) in [5.74, 6) is -0.939. The summed E-state index contributed by atoms with van der Waals surface area (Å²) in [6.07, 6.45) is 4.27. The van der Waals surface area contributed by atoms with E-state index in [2.05, 4.69) is 15.6 Å². The number of aromatic nitrogens is 3. The van der Waals surface area contributed by atoms with Crippen molar-refractivity contribution in [1.29, 1.82) is 0 Å². The predicted molar refractivity (Wildman–Crippen MR) is 106 cm³/mol. The topological polar surface area (TPSA) is 116 Å². The molecule has 2 fully saturated rings. The van der Waals surface area contributed by atoms with Gasteiger partial charge in [-0.1, -0.05) is 11.3 Å². The molecule has 1 atom stereocenters. The summed E-state index contributed by atoms with van der Waals surface area (Å²) in [7, 11) is 0. The molecule has 0 aliphatic carbocycles. The number of nitrogens with zero attached hydrogens (tertiary/aromatic N) is 4. The summed E-state index contributed by atoms with van der Waals surface area (Å²) in [6.45, 7) is 2.07. The number of carbonyl (C=O) groups excluding carboxylic acids is 3. The number of amides is 3. The van der Waals surface area contributed by atoms with Gasteiger partial charge in [0, 0.05) is 37.3 Å². The van der Waals surface area contributed by atoms with Gasteiger partial charge in [-0.05, 0) is 31.4 Å². The highest BCUT2D eigenvalue weighted by Gasteiger charge is 2.40. The highest BCUT2D eigenvalue weighted by molar-refractivity contribution is 6.05. The summed E-state index contributed by atoms with van der Waals surface area (Å²) >= 11 is 0. The zero-order valence-electron chi connectivity index (χ0n) is 17.0. The minimum Gasteiger partial charge on any atom is -0.381 e. The molecule has 0 saturated carbocycles. The highest BCUT2D eigenvalue weighted by Crippen LogP contribution is 2.31. The lowest BCUT2D eigenvalue weighted by Crippen LogP contribution is -2.52. The number of hydrogen-bond acceptors (Lipinski definition) is 7. The second-order valence-electron chi connectivity index (χ2n) is 7.98. The van der Waals surface area contributed by atoms with Crippen molar-refractivity contribution in [3.8, 4) is 5.69 Å². The molecule has 1 unspecified atom stereocenters. The second-order valence-corrected chi connectivity index (χ2v) is 7.98. The lowest BCUT2D eigenvalue weighted by molar-refractivity contribution is -0.136. The number of benzene rings is 1. The van der Waals surface area contributed by atoms with Crippen LogP contribution in [0.5, 0.6) is 0 Å². The van der Waals surface area contributed by atoms with Crippen molar-refractivity contribution in [1.82, 2.24) is 25.2 Å². The largest absolute Gasteiger partial charge is 0.381 e. The third kappa shape index (κ3) is 3.84. The van der Waals surface area contributed by atoms with E-state index in [4.69, 9.17) is 9.47 Å². The maximum atomic E-state index is 13.0. The van der Waals surface area contributed by atoms with Gasteiger partial charge in [0.2, 0.25) is 11.8 Å². The summed E-state index contributed by atoms with van der Waals surface area (Å²) in [4.78, 5) is 38.2. The number of fused-ring (bicyclic) bond motifs is 1. The van der Waals surface area contributed by atoms with Crippen LogP contribution in [0.3, 0.4) is 0 Å². The molecule has 4 heterocycles. The van der Waals surface area contributed by atoms with Gasteiger partial charge in [-0.15, -0.1) is 5.10 Å². The van der Waals surface area contributed by atoms with Gasteiger partial charge in [0.15, 0.2) is 0 Å². The van der Waals surface area contributed by atoms with Crippen molar-refractivity contribution in [2.75, 3.05) is 13.2 Å². The lowest BCUT2D eigenvalue weighted by Gasteiger charge is -2.29. The van der Waals surface area contributed by atoms with Crippen molar-refractivity contribution in [3.05, 3.63) is 41.2 Å². The number of carbonyl (C=O) groups is 3. The van der Waals surface area contributed by atoms with Gasteiger partial charge < -0.3 is 14.4 Å². The Morgan fingerprint density at radius 2 is 2.00 bits per heavy atom. The molecule has 2 aromatic rings. The monoisotopic (exact) mass is 425 g/mol. The van der Waals surface area contributed by atoms with Crippen molar-refractivity contribution in [2.45, 2.75) is 51.0 Å². The van der Waals surface area contributed by atoms with E-state index >= 15 is 0 Å². The number of rotatable bonds is 5. The Hall–Kier alpha value is -3.11. The fraction of sp³-hybridized carbons (Fsp3) is 0.476. The zero-order chi connectivity index (χ0) is 21.4. The van der Waals surface area contributed by atoms with Crippen LogP contribution >= 0.6 is 0 Å². The number of piperidine rings is 1. The van der Waals surface area contributed by atoms with Crippen LogP contribution in [0.15, 0.2) is 24.4 Å². The van der Waals surface area contributed by atoms with E-state index < -0.39 is 11.9 Å². The van der Waals surface area contributed by atoms with Crippen molar-refractivity contribution < 1.29 is 23.9 Å². The van der Waals surface area contributed by atoms with Gasteiger partial charge in [-0.2, -0.15) is 0 Å². The minimum atomic E-state index is -0.648. The van der Waals surface area contributed by atoms with E-state index in [1.165, 1.54) is 4.90 Å². The fourth-order valence-corrected chi connectivity index (χ4v) is 4.31. The Balaban J connectivity index is 1.33. The smallest absolute Gasteiger partial charge is 0.255 e. The van der Waals surface area contributed by atoms with E-state index in [0.717, 1.165) is 24.1 Å². The Morgan fingerprint density at radius 1 is 1.16 bits per heavy atom. The number of hydrogen-bond donors (Lipinski definition) is 1. The van der Waals surface area contributed by atoms with Crippen LogP contribution in [-0.4, -0.2) is 63.0 Å². The maximum Gasteiger partial charge on any atom is 0.255 e. The fourth-order valence-electron chi connectivity index (χ4n) is 4.31. The molecule has 5 rings (SSSR count). The van der Waals surface area contributed by atoms with Gasteiger partial charge in [0.1, 0.15) is 11.7 Å². The van der Waals surface area contributed by atoms with Crippen LogP contribution in [-0.2, 0) is 32.2 Å². The van der Waals surface area contributed by atoms with Gasteiger partial charge in [-0.3, -0.25) is 19.7 Å². The van der Waals surface area contributed by atoms with E-state index in [1.54, 1.807) is 23.0 Å². The quantitative estimate of drug-likeness (QED) is 0.702. The maximum absolute atomic E-state index is 13.0. The van der Waals surface area contributed by atoms with E-state index in [-0.39, 0.29) is 30.9 Å². The number of nitrogens with one attached hydrogen (secondary N) is 1. The molecular formula is C21H23N5O5. The molecule has 3 aliphatic rings. The summed E-state index contributed by atoms with van der Waals surface area (Å²) < 4.78 is 12.9. The molecule has 10 nitrogen and oxygen atoms in total. The first-order valence-corrected chi connectivity index (χ1v) is 10.5. The highest BCUT2D eigenvalue weighted by atomic mass is 16.5. The van der Waals surface area contributed by atoms with Crippen LogP contribution in [0.4, 0.5) is 0 Å². The van der Waals surface area contributed by atoms with E-state index in [9.17, 15) is 14.4 Å². The molecule has 0 radical (unpaired) electrons. The Morgan fingerprint density at radius 3 is 2.81 bits per heavy atom. The molecule has 1 aromatic carbocycles. The third-order valence-electron chi connectivity index (χ3n) is 5.98. The average Bonchev–Trinajstić information content (AvgIpc) is 3.38. The van der Waals surface area contributed by atoms with Crippen molar-refractivity contribution in [3.63, 3.8) is 0 Å². The van der Waals surface area contributed by atoms with Crippen LogP contribution < -0.4 is 5.32 Å². The summed E-state index contributed by atoms with van der Waals surface area (Å²) in [5.41, 5.74) is 2.78. The molecule has 3 aliphatic heterocycles. The normalized spacial score (nSPS) is 22.0. The molecule has 0 spiro atoms. The van der Waals surface area contributed by atoms with E-state index in [0.29, 0.717) is 37.5 Å². The Labute approximate surface area is 178 Å². The Bertz CT molecular complexity index is 1030. The van der Waals surface area contributed by atoms with Gasteiger partial charge in [0.25, 0.3) is 5.91 Å². The second kappa shape index (κ2) is 8.20. The van der Waals surface area contributed by atoms with Crippen LogP contribution in [0.2, 0.25) is 0 Å². The SMILES string of the molecule is O=C1CCC(N2Cc3c(cccc3-n3cc(COC4CCOCC4)nn3)C2=O)C(=O)N1. The first-order chi connectivity index (χ1) is 15.1. The van der Waals surface area contributed by atoms with Crippen LogP contribution in [0.1, 0.15) is 47.3 Å². The molecule has 2 saturated heterocycles. The third-order valence-corrected chi connectivity index (χ3v) is 5.98. The summed E-state index contributed by atoms with van der Waals surface area (Å²) in [6, 6.07) is 4.77. The van der Waals surface area contributed by atoms with Gasteiger partial charge in [0.05, 0.1) is 24.6 Å². The number of ether oxygens (including phenoxy) is 2. The predicted octanol–water partition coefficient (Wildman–Crippen LogP) is 0.724. The minimum absolute atomic E-state index is 0.166. The van der Waals surface area contributed by atoms with Gasteiger partial charge >= 0.3 is 0 Å². The first-order valence-electron chi connectivity index (χ1n) is 10.5. The average molecular weight is 425 g/mol. The molecule has 1 N–H and O–H groups in total. The summed E-state index contributed by atoms with van der Waals surface area (Å²) in [5, 5.41) is 10.8. The van der Waals surface area contributed by atoms with Crippen molar-refractivity contribution in [2.24, 2.45) is 0 Å². The van der Waals surface area contributed by atoms with Gasteiger partial charge in [-0.25, -0.2) is 4.68 Å². The first kappa shape index (κ1) is 19.8. The molecule has 0 bridgehead atoms. The molecule has 10 heteroatoms. The van der Waals surface area contributed by atoms with Crippen LogP contribution in [0.25, 0.3) is 5.69 Å². The molecule has 1 aromatic heterocycles. The lowest BCUT2D eigenvalue weighted by atomic mass is 10.0. The number of imide groups is 1. The Kier molecular flexibility index (Phi) is 5.24.